The molecular formula is C34H36ClN5O3. The van der Waals surface area contributed by atoms with Crippen molar-refractivity contribution in [2.24, 2.45) is 7.05 Å². The van der Waals surface area contributed by atoms with E-state index in [1.54, 1.807) is 4.90 Å². The van der Waals surface area contributed by atoms with E-state index in [-0.39, 0.29) is 11.9 Å². The summed E-state index contributed by atoms with van der Waals surface area (Å²) < 4.78 is 9.75. The number of aromatic nitrogens is 3. The summed E-state index contributed by atoms with van der Waals surface area (Å²) in [4.78, 5) is 32.8. The second-order valence-electron chi connectivity index (χ2n) is 12.2. The van der Waals surface area contributed by atoms with E-state index in [1.807, 2.05) is 76.3 Å². The van der Waals surface area contributed by atoms with E-state index in [0.717, 1.165) is 51.9 Å². The van der Waals surface area contributed by atoms with Crippen molar-refractivity contribution < 1.29 is 14.3 Å². The van der Waals surface area contributed by atoms with E-state index < -0.39 is 11.7 Å². The van der Waals surface area contributed by atoms with Crippen LogP contribution in [0.1, 0.15) is 49.5 Å². The number of piperidine rings is 1. The van der Waals surface area contributed by atoms with Gasteiger partial charge in [-0.3, -0.25) is 4.79 Å². The number of nitrogens with one attached hydrogen (secondary N) is 1. The van der Waals surface area contributed by atoms with Crippen LogP contribution in [0.15, 0.2) is 72.8 Å². The number of carbonyl (C=O) groups is 2. The number of fused-ring (bicyclic) bond motifs is 2. The van der Waals surface area contributed by atoms with Crippen molar-refractivity contribution in [3.05, 3.63) is 88.9 Å². The molecule has 0 aliphatic carbocycles. The molecule has 0 radical (unpaired) electrons. The number of para-hydroxylation sites is 1. The molecule has 1 aliphatic heterocycles. The Morgan fingerprint density at radius 1 is 1.02 bits per heavy atom. The van der Waals surface area contributed by atoms with Gasteiger partial charge in [0.2, 0.25) is 0 Å². The highest BCUT2D eigenvalue weighted by Gasteiger charge is 2.28. The average molecular weight is 598 g/mol. The first-order valence-electron chi connectivity index (χ1n) is 14.6. The summed E-state index contributed by atoms with van der Waals surface area (Å²) in [5.41, 5.74) is 4.89. The van der Waals surface area contributed by atoms with Crippen molar-refractivity contribution in [1.82, 2.24) is 24.3 Å². The van der Waals surface area contributed by atoms with Crippen LogP contribution < -0.4 is 5.32 Å². The van der Waals surface area contributed by atoms with Crippen LogP contribution >= 0.6 is 11.6 Å². The molecule has 1 atom stereocenters. The number of imidazole rings is 1. The number of likely N-dealkylation sites (tertiary alicyclic amines) is 1. The largest absolute Gasteiger partial charge is 0.444 e. The predicted molar refractivity (Wildman–Crippen MR) is 170 cm³/mol. The number of hydrogen-bond acceptors (Lipinski definition) is 4. The van der Waals surface area contributed by atoms with Gasteiger partial charge in [0.05, 0.1) is 16.7 Å². The summed E-state index contributed by atoms with van der Waals surface area (Å²) >= 11 is 6.31. The second-order valence-corrected chi connectivity index (χ2v) is 12.7. The normalized spacial score (nSPS) is 15.7. The number of rotatable bonds is 5. The fourth-order valence-corrected chi connectivity index (χ4v) is 6.09. The number of halogens is 1. The Morgan fingerprint density at radius 2 is 1.84 bits per heavy atom. The van der Waals surface area contributed by atoms with E-state index >= 15 is 0 Å². The standard InChI is InChI=1S/C34H36ClN5O3/c1-34(2,3)43-33(42)36-26-12-8-16-39(21-26)32(41)24-14-15-29-27(18-24)37-31(38(29)4)30-19-23-10-5-6-13-28(23)40(30)20-22-9-7-11-25(35)17-22/h5-7,9-11,13-15,17-19,26H,8,12,16,20-21H2,1-4H3,(H,36,42)/t26-/m1/s1. The number of hydrogen-bond donors (Lipinski definition) is 1. The fourth-order valence-electron chi connectivity index (χ4n) is 5.88. The third-order valence-corrected chi connectivity index (χ3v) is 8.06. The number of ether oxygens (including phenoxy) is 1. The predicted octanol–water partition coefficient (Wildman–Crippen LogP) is 7.03. The third kappa shape index (κ3) is 6.11. The number of carbonyl (C=O) groups excluding carboxylic acids is 2. The number of amides is 2. The highest BCUT2D eigenvalue weighted by molar-refractivity contribution is 6.30. The Morgan fingerprint density at radius 3 is 2.63 bits per heavy atom. The zero-order valence-corrected chi connectivity index (χ0v) is 25.7. The van der Waals surface area contributed by atoms with Gasteiger partial charge in [-0.25, -0.2) is 9.78 Å². The summed E-state index contributed by atoms with van der Waals surface area (Å²) in [6.07, 6.45) is 1.15. The zero-order valence-electron chi connectivity index (χ0n) is 24.9. The quantitative estimate of drug-likeness (QED) is 0.236. The zero-order chi connectivity index (χ0) is 30.3. The minimum Gasteiger partial charge on any atom is -0.444 e. The van der Waals surface area contributed by atoms with Gasteiger partial charge < -0.3 is 24.1 Å². The maximum absolute atomic E-state index is 13.6. The van der Waals surface area contributed by atoms with E-state index in [9.17, 15) is 9.59 Å². The molecule has 222 valence electrons. The molecule has 2 aromatic heterocycles. The Bertz CT molecular complexity index is 1830. The van der Waals surface area contributed by atoms with Crippen molar-refractivity contribution in [2.45, 2.75) is 51.8 Å². The van der Waals surface area contributed by atoms with E-state index in [4.69, 9.17) is 21.3 Å². The first-order chi connectivity index (χ1) is 20.6. The number of nitrogens with zero attached hydrogens (tertiary/aromatic N) is 4. The van der Waals surface area contributed by atoms with Crippen LogP contribution in [0.2, 0.25) is 5.02 Å². The van der Waals surface area contributed by atoms with Crippen molar-refractivity contribution in [3.63, 3.8) is 0 Å². The van der Waals surface area contributed by atoms with Gasteiger partial charge in [0.25, 0.3) is 5.91 Å². The minimum absolute atomic E-state index is 0.0696. The maximum atomic E-state index is 13.6. The van der Waals surface area contributed by atoms with Crippen LogP contribution in [0, 0.1) is 0 Å². The van der Waals surface area contributed by atoms with Crippen molar-refractivity contribution >= 4 is 45.5 Å². The minimum atomic E-state index is -0.575. The molecule has 8 nitrogen and oxygen atoms in total. The molecule has 0 bridgehead atoms. The van der Waals surface area contributed by atoms with Gasteiger partial charge >= 0.3 is 6.09 Å². The van der Waals surface area contributed by atoms with Crippen LogP contribution in [0.25, 0.3) is 33.5 Å². The van der Waals surface area contributed by atoms with Crippen LogP contribution in [0.4, 0.5) is 4.79 Å². The SMILES string of the molecule is Cn1c(-c2cc3ccccc3n2Cc2cccc(Cl)c2)nc2cc(C(=O)N3CCC[C@@H](NC(=O)OC(C)(C)C)C3)ccc21. The molecular weight excluding hydrogens is 562 g/mol. The molecule has 1 fully saturated rings. The summed E-state index contributed by atoms with van der Waals surface area (Å²) in [6.45, 7) is 7.22. The Hall–Kier alpha value is -4.30. The van der Waals surface area contributed by atoms with Gasteiger partial charge in [0.1, 0.15) is 5.60 Å². The molecule has 3 aromatic carbocycles. The number of benzene rings is 3. The number of aryl methyl sites for hydroxylation is 1. The van der Waals surface area contributed by atoms with Crippen LogP contribution in [-0.4, -0.2) is 55.8 Å². The van der Waals surface area contributed by atoms with E-state index in [2.05, 4.69) is 38.7 Å². The Labute approximate surface area is 256 Å². The second kappa shape index (κ2) is 11.4. The van der Waals surface area contributed by atoms with Gasteiger partial charge in [-0.2, -0.15) is 0 Å². The van der Waals surface area contributed by atoms with Gasteiger partial charge in [-0.15, -0.1) is 0 Å². The highest BCUT2D eigenvalue weighted by Crippen LogP contribution is 2.31. The lowest BCUT2D eigenvalue weighted by atomic mass is 10.0. The lowest BCUT2D eigenvalue weighted by Crippen LogP contribution is -2.50. The molecule has 9 heteroatoms. The van der Waals surface area contributed by atoms with Gasteiger partial charge in [-0.05, 0) is 81.6 Å². The third-order valence-electron chi connectivity index (χ3n) is 7.83. The highest BCUT2D eigenvalue weighted by atomic mass is 35.5. The van der Waals surface area contributed by atoms with Gasteiger partial charge in [0.15, 0.2) is 5.82 Å². The Kier molecular flexibility index (Phi) is 7.65. The molecule has 43 heavy (non-hydrogen) atoms. The molecule has 1 N–H and O–H groups in total. The summed E-state index contributed by atoms with van der Waals surface area (Å²) in [5, 5.41) is 4.76. The van der Waals surface area contributed by atoms with Gasteiger partial charge in [0, 0.05) is 54.2 Å². The van der Waals surface area contributed by atoms with Crippen LogP contribution in [0.5, 0.6) is 0 Å². The van der Waals surface area contributed by atoms with Crippen LogP contribution in [0.3, 0.4) is 0 Å². The lowest BCUT2D eigenvalue weighted by molar-refractivity contribution is 0.0452. The first kappa shape index (κ1) is 28.8. The molecule has 3 heterocycles. The van der Waals surface area contributed by atoms with E-state index in [0.29, 0.717) is 30.2 Å². The van der Waals surface area contributed by atoms with Gasteiger partial charge in [-0.1, -0.05) is 41.9 Å². The van der Waals surface area contributed by atoms with Crippen molar-refractivity contribution in [1.29, 1.82) is 0 Å². The van der Waals surface area contributed by atoms with Crippen molar-refractivity contribution in [3.8, 4) is 11.5 Å². The monoisotopic (exact) mass is 597 g/mol. The molecule has 1 aliphatic rings. The van der Waals surface area contributed by atoms with E-state index in [1.165, 1.54) is 0 Å². The summed E-state index contributed by atoms with van der Waals surface area (Å²) in [7, 11) is 2.01. The molecule has 5 aromatic rings. The topological polar surface area (TPSA) is 81.4 Å². The molecule has 6 rings (SSSR count). The van der Waals surface area contributed by atoms with Crippen LogP contribution in [-0.2, 0) is 18.3 Å². The maximum Gasteiger partial charge on any atom is 0.407 e. The Balaban J connectivity index is 1.29. The van der Waals surface area contributed by atoms with Crippen molar-refractivity contribution in [2.75, 3.05) is 13.1 Å². The molecule has 0 spiro atoms. The smallest absolute Gasteiger partial charge is 0.407 e. The first-order valence-corrected chi connectivity index (χ1v) is 15.0. The number of alkyl carbamates (subject to hydrolysis) is 1. The fraction of sp³-hybridized carbons (Fsp3) is 0.324. The summed E-state index contributed by atoms with van der Waals surface area (Å²) in [6, 6.07) is 23.9. The summed E-state index contributed by atoms with van der Waals surface area (Å²) in [5.74, 6) is 0.747. The molecule has 2 amide bonds. The lowest BCUT2D eigenvalue weighted by Gasteiger charge is -2.33. The molecule has 0 unspecified atom stereocenters. The average Bonchev–Trinajstić information content (AvgIpc) is 3.48. The molecule has 0 saturated carbocycles. The molecule has 1 saturated heterocycles.